The van der Waals surface area contributed by atoms with Crippen molar-refractivity contribution in [2.24, 2.45) is 0 Å². The van der Waals surface area contributed by atoms with Crippen molar-refractivity contribution in [3.05, 3.63) is 151 Å². The number of rotatable bonds is 6. The van der Waals surface area contributed by atoms with Gasteiger partial charge in [0.15, 0.2) is 5.78 Å². The molecular formula is C32H24FOP. The molecule has 0 saturated carbocycles. The van der Waals surface area contributed by atoms with Crippen LogP contribution in [0.1, 0.15) is 10.4 Å². The van der Waals surface area contributed by atoms with Crippen LogP contribution >= 0.6 is 6.89 Å². The Balaban J connectivity index is 1.80. The monoisotopic (exact) mass is 474 g/mol. The molecule has 5 aromatic carbocycles. The van der Waals surface area contributed by atoms with Crippen LogP contribution in [-0.2, 0) is 0 Å². The Kier molecular flexibility index (Phi) is 6.57. The minimum atomic E-state index is -2.43. The van der Waals surface area contributed by atoms with Gasteiger partial charge in [-0.3, -0.25) is 4.79 Å². The highest BCUT2D eigenvalue weighted by atomic mass is 31.2. The molecule has 0 atom stereocenters. The zero-order valence-corrected chi connectivity index (χ0v) is 20.0. The first-order valence-electron chi connectivity index (χ1n) is 11.5. The third-order valence-electron chi connectivity index (χ3n) is 6.15. The van der Waals surface area contributed by atoms with E-state index in [1.54, 1.807) is 12.1 Å². The van der Waals surface area contributed by atoms with E-state index in [1.165, 1.54) is 12.1 Å². The fourth-order valence-corrected chi connectivity index (χ4v) is 8.24. The zero-order chi connectivity index (χ0) is 24.1. The predicted molar refractivity (Wildman–Crippen MR) is 147 cm³/mol. The highest BCUT2D eigenvalue weighted by Crippen LogP contribution is 2.44. The van der Waals surface area contributed by atoms with Gasteiger partial charge in [0.25, 0.3) is 0 Å². The van der Waals surface area contributed by atoms with Crippen LogP contribution in [0.4, 0.5) is 4.39 Å². The summed E-state index contributed by atoms with van der Waals surface area (Å²) in [5, 5.41) is 3.35. The molecule has 35 heavy (non-hydrogen) atoms. The van der Waals surface area contributed by atoms with E-state index in [0.29, 0.717) is 5.56 Å². The second-order valence-corrected chi connectivity index (χ2v) is 11.5. The summed E-state index contributed by atoms with van der Waals surface area (Å²) in [6.45, 7) is -2.43. The highest BCUT2D eigenvalue weighted by molar-refractivity contribution is 7.95. The topological polar surface area (TPSA) is 17.1 Å². The largest absolute Gasteiger partial charge is 0.289 e. The molecule has 0 unspecified atom stereocenters. The van der Waals surface area contributed by atoms with Gasteiger partial charge in [0.1, 0.15) is 5.82 Å². The number of halogens is 1. The van der Waals surface area contributed by atoms with Crippen molar-refractivity contribution in [2.45, 2.75) is 0 Å². The lowest BCUT2D eigenvalue weighted by Crippen LogP contribution is -2.28. The third-order valence-corrected chi connectivity index (χ3v) is 10.1. The molecule has 5 aromatic rings. The standard InChI is InChI=1S/C32H24FOP/c33-26-22-20-25(21-23-26)30-18-10-11-19-31(30)32(34)24-35(27-12-4-1-5-13-27,28-14-6-2-7-15-28)29-16-8-3-9-17-29/h1-24H. The first-order valence-corrected chi connectivity index (χ1v) is 13.3. The van der Waals surface area contributed by atoms with Crippen LogP contribution in [0.2, 0.25) is 0 Å². The van der Waals surface area contributed by atoms with Crippen molar-refractivity contribution >= 4 is 34.4 Å². The van der Waals surface area contributed by atoms with E-state index in [4.69, 9.17) is 0 Å². The molecule has 0 heterocycles. The van der Waals surface area contributed by atoms with Crippen LogP contribution in [0.25, 0.3) is 11.1 Å². The van der Waals surface area contributed by atoms with Crippen LogP contribution in [-0.4, -0.2) is 11.6 Å². The zero-order valence-electron chi connectivity index (χ0n) is 19.1. The van der Waals surface area contributed by atoms with Gasteiger partial charge < -0.3 is 0 Å². The maximum Gasteiger partial charge on any atom is 0.187 e. The number of Topliss-reactive ketones (excluding diaryl/α,β-unsaturated/α-hetero) is 1. The van der Waals surface area contributed by atoms with Crippen molar-refractivity contribution in [3.63, 3.8) is 0 Å². The van der Waals surface area contributed by atoms with Gasteiger partial charge in [-0.2, -0.15) is 0 Å². The van der Waals surface area contributed by atoms with Gasteiger partial charge in [-0.15, -0.1) is 0 Å². The summed E-state index contributed by atoms with van der Waals surface area (Å²) < 4.78 is 13.6. The van der Waals surface area contributed by atoms with E-state index in [9.17, 15) is 9.18 Å². The Morgan fingerprint density at radius 1 is 0.543 bits per heavy atom. The summed E-state index contributed by atoms with van der Waals surface area (Å²) in [6, 6.07) is 44.7. The van der Waals surface area contributed by atoms with Crippen molar-refractivity contribution in [2.75, 3.05) is 0 Å². The molecule has 0 aliphatic heterocycles. The molecule has 0 aliphatic rings. The van der Waals surface area contributed by atoms with Crippen LogP contribution in [0.15, 0.2) is 140 Å². The molecule has 0 N–H and O–H groups in total. The van der Waals surface area contributed by atoms with Crippen LogP contribution in [0.5, 0.6) is 0 Å². The first kappa shape index (κ1) is 22.8. The summed E-state index contributed by atoms with van der Waals surface area (Å²) in [7, 11) is 0. The number of ketones is 1. The smallest absolute Gasteiger partial charge is 0.187 e. The maximum atomic E-state index is 14.1. The molecule has 0 saturated heterocycles. The Hall–Kier alpha value is -4.00. The lowest BCUT2D eigenvalue weighted by molar-refractivity contribution is 0.107. The van der Waals surface area contributed by atoms with Gasteiger partial charge >= 0.3 is 0 Å². The Morgan fingerprint density at radius 2 is 0.971 bits per heavy atom. The second kappa shape index (κ2) is 10.1. The second-order valence-electron chi connectivity index (χ2n) is 8.28. The summed E-state index contributed by atoms with van der Waals surface area (Å²) in [5.41, 5.74) is 2.21. The molecule has 5 rings (SSSR count). The summed E-state index contributed by atoms with van der Waals surface area (Å²) in [5.74, 6) is 1.59. The number of carbonyl (C=O) groups is 1. The van der Waals surface area contributed by atoms with Crippen molar-refractivity contribution < 1.29 is 9.18 Å². The highest BCUT2D eigenvalue weighted by Gasteiger charge is 2.27. The van der Waals surface area contributed by atoms with Gasteiger partial charge in [-0.05, 0) is 51.9 Å². The normalized spacial score (nSPS) is 11.1. The molecule has 1 nitrogen and oxygen atoms in total. The van der Waals surface area contributed by atoms with Gasteiger partial charge in [-0.1, -0.05) is 127 Å². The van der Waals surface area contributed by atoms with E-state index < -0.39 is 6.89 Å². The number of carbonyl (C=O) groups excluding carboxylic acids is 1. The molecule has 0 bridgehead atoms. The van der Waals surface area contributed by atoms with Gasteiger partial charge in [-0.25, -0.2) is 4.39 Å². The van der Waals surface area contributed by atoms with Crippen molar-refractivity contribution in [1.82, 2.24) is 0 Å². The van der Waals surface area contributed by atoms with E-state index in [2.05, 4.69) is 36.4 Å². The third kappa shape index (κ3) is 4.54. The molecular weight excluding hydrogens is 450 g/mol. The number of benzene rings is 5. The van der Waals surface area contributed by atoms with E-state index in [0.717, 1.165) is 27.0 Å². The van der Waals surface area contributed by atoms with Crippen LogP contribution in [0, 0.1) is 5.82 Å². The van der Waals surface area contributed by atoms with E-state index >= 15 is 0 Å². The Labute approximate surface area is 205 Å². The lowest BCUT2D eigenvalue weighted by atomic mass is 9.98. The maximum absolute atomic E-state index is 14.1. The predicted octanol–water partition coefficient (Wildman–Crippen LogP) is 6.47. The molecule has 0 aliphatic carbocycles. The van der Waals surface area contributed by atoms with Crippen molar-refractivity contribution in [3.8, 4) is 11.1 Å². The van der Waals surface area contributed by atoms with Gasteiger partial charge in [0, 0.05) is 5.56 Å². The van der Waals surface area contributed by atoms with Gasteiger partial charge in [0.05, 0.1) is 0 Å². The number of hydrogen-bond donors (Lipinski definition) is 0. The van der Waals surface area contributed by atoms with Crippen molar-refractivity contribution in [1.29, 1.82) is 0 Å². The summed E-state index contributed by atoms with van der Waals surface area (Å²) in [6.07, 6.45) is 0. The Morgan fingerprint density at radius 3 is 1.46 bits per heavy atom. The Bertz CT molecular complexity index is 1390. The fraction of sp³-hybridized carbons (Fsp3) is 0. The molecule has 0 fully saturated rings. The molecule has 3 heteroatoms. The van der Waals surface area contributed by atoms with E-state index in [1.807, 2.05) is 84.7 Å². The lowest BCUT2D eigenvalue weighted by Gasteiger charge is -2.28. The molecule has 0 spiro atoms. The first-order chi connectivity index (χ1) is 17.2. The molecule has 0 amide bonds. The molecule has 0 radical (unpaired) electrons. The van der Waals surface area contributed by atoms with Crippen LogP contribution < -0.4 is 15.9 Å². The summed E-state index contributed by atoms with van der Waals surface area (Å²) >= 11 is 0. The SMILES string of the molecule is O=C(C=P(c1ccccc1)(c1ccccc1)c1ccccc1)c1ccccc1-c1ccc(F)cc1. The number of hydrogen-bond acceptors (Lipinski definition) is 1. The van der Waals surface area contributed by atoms with E-state index in [-0.39, 0.29) is 11.6 Å². The minimum Gasteiger partial charge on any atom is -0.289 e. The average molecular weight is 475 g/mol. The molecule has 0 aromatic heterocycles. The summed E-state index contributed by atoms with van der Waals surface area (Å²) in [4.78, 5) is 14.1. The fourth-order valence-electron chi connectivity index (χ4n) is 4.48. The quantitative estimate of drug-likeness (QED) is 0.204. The van der Waals surface area contributed by atoms with Gasteiger partial charge in [0.2, 0.25) is 0 Å². The minimum absolute atomic E-state index is 0.0465. The van der Waals surface area contributed by atoms with Crippen LogP contribution in [0.3, 0.4) is 0 Å². The average Bonchev–Trinajstić information content (AvgIpc) is 2.93. The molecule has 170 valence electrons.